The van der Waals surface area contributed by atoms with E-state index < -0.39 is 60.2 Å². The molecule has 0 rings (SSSR count). The summed E-state index contributed by atoms with van der Waals surface area (Å²) in [5.74, 6) is -4.87. The first kappa shape index (κ1) is 29.7. The van der Waals surface area contributed by atoms with Crippen LogP contribution in [0.2, 0.25) is 0 Å². The van der Waals surface area contributed by atoms with Gasteiger partial charge in [-0.3, -0.25) is 19.2 Å². The van der Waals surface area contributed by atoms with E-state index in [4.69, 9.17) is 10.8 Å². The van der Waals surface area contributed by atoms with Crippen molar-refractivity contribution < 1.29 is 34.2 Å². The number of carbonyl (C=O) groups excluding carboxylic acids is 3. The number of hydrogen-bond donors (Lipinski definition) is 6. The van der Waals surface area contributed by atoms with Crippen LogP contribution in [0.5, 0.6) is 0 Å². The molecule has 0 spiro atoms. The normalized spacial score (nSPS) is 15.7. The van der Waals surface area contributed by atoms with Crippen molar-refractivity contribution in [2.75, 3.05) is 12.0 Å². The number of aliphatic carboxylic acids is 2. The molecule has 0 aliphatic rings. The van der Waals surface area contributed by atoms with E-state index in [-0.39, 0.29) is 18.3 Å². The SMILES string of the molecule is CCC(C)C(NC(=O)C(CC(=O)O)NC(=O)C(N)C(C)C)C(=O)NC(CCSC)C(=O)O. The topological polar surface area (TPSA) is 188 Å². The van der Waals surface area contributed by atoms with Gasteiger partial charge in [0.15, 0.2) is 0 Å². The number of carboxylic acids is 2. The molecule has 7 N–H and O–H groups in total. The first-order valence-corrected chi connectivity index (χ1v) is 11.8. The second-order valence-electron chi connectivity index (χ2n) is 7.98. The first-order chi connectivity index (χ1) is 14.8. The van der Waals surface area contributed by atoms with E-state index in [0.717, 1.165) is 0 Å². The number of rotatable bonds is 15. The molecule has 0 bridgehead atoms. The van der Waals surface area contributed by atoms with Gasteiger partial charge >= 0.3 is 11.9 Å². The van der Waals surface area contributed by atoms with E-state index in [1.165, 1.54) is 11.8 Å². The van der Waals surface area contributed by atoms with Crippen molar-refractivity contribution in [1.29, 1.82) is 0 Å². The molecule has 0 radical (unpaired) electrons. The highest BCUT2D eigenvalue weighted by Gasteiger charge is 2.33. The molecule has 32 heavy (non-hydrogen) atoms. The molecule has 0 saturated heterocycles. The highest BCUT2D eigenvalue weighted by atomic mass is 32.2. The van der Waals surface area contributed by atoms with Crippen LogP contribution in [0.1, 0.15) is 47.0 Å². The summed E-state index contributed by atoms with van der Waals surface area (Å²) in [6.45, 7) is 6.89. The van der Waals surface area contributed by atoms with Crippen molar-refractivity contribution in [2.45, 2.75) is 71.1 Å². The van der Waals surface area contributed by atoms with Crippen molar-refractivity contribution in [3.63, 3.8) is 0 Å². The standard InChI is InChI=1S/C20H36N4O7S/c1-6-11(4)16(19(29)22-12(20(30)31)7-8-32-5)24-17(27)13(9-14(25)26)23-18(28)15(21)10(2)3/h10-13,15-16H,6-9,21H2,1-5H3,(H,22,29)(H,23,28)(H,24,27)(H,25,26)(H,30,31). The minimum atomic E-state index is -1.45. The highest BCUT2D eigenvalue weighted by Crippen LogP contribution is 2.11. The van der Waals surface area contributed by atoms with Crippen molar-refractivity contribution in [2.24, 2.45) is 17.6 Å². The van der Waals surface area contributed by atoms with Gasteiger partial charge in [0.2, 0.25) is 17.7 Å². The van der Waals surface area contributed by atoms with Gasteiger partial charge in [-0.15, -0.1) is 0 Å². The van der Waals surface area contributed by atoms with Crippen molar-refractivity contribution in [3.8, 4) is 0 Å². The third-order valence-electron chi connectivity index (χ3n) is 5.05. The third kappa shape index (κ3) is 10.3. The summed E-state index contributed by atoms with van der Waals surface area (Å²) in [5.41, 5.74) is 5.77. The molecule has 12 heteroatoms. The summed E-state index contributed by atoms with van der Waals surface area (Å²) in [4.78, 5) is 60.5. The Hall–Kier alpha value is -2.34. The molecule has 184 valence electrons. The molecule has 5 unspecified atom stereocenters. The predicted octanol–water partition coefficient (Wildman–Crippen LogP) is -0.217. The first-order valence-electron chi connectivity index (χ1n) is 10.5. The fourth-order valence-corrected chi connectivity index (χ4v) is 3.14. The zero-order chi connectivity index (χ0) is 25.0. The van der Waals surface area contributed by atoms with Gasteiger partial charge in [-0.25, -0.2) is 4.79 Å². The Bertz CT molecular complexity index is 674. The Morgan fingerprint density at radius 2 is 1.47 bits per heavy atom. The predicted molar refractivity (Wildman–Crippen MR) is 121 cm³/mol. The van der Waals surface area contributed by atoms with Gasteiger partial charge in [0, 0.05) is 0 Å². The Kier molecular flexibility index (Phi) is 13.6. The molecule has 0 saturated carbocycles. The highest BCUT2D eigenvalue weighted by molar-refractivity contribution is 7.98. The smallest absolute Gasteiger partial charge is 0.326 e. The lowest BCUT2D eigenvalue weighted by Gasteiger charge is -2.28. The number of amides is 3. The van der Waals surface area contributed by atoms with E-state index in [1.807, 2.05) is 6.26 Å². The van der Waals surface area contributed by atoms with Gasteiger partial charge in [-0.2, -0.15) is 11.8 Å². The van der Waals surface area contributed by atoms with Crippen LogP contribution in [0.4, 0.5) is 0 Å². The molecule has 3 amide bonds. The Labute approximate surface area is 192 Å². The quantitative estimate of drug-likeness (QED) is 0.186. The largest absolute Gasteiger partial charge is 0.481 e. The van der Waals surface area contributed by atoms with E-state index in [9.17, 15) is 29.1 Å². The van der Waals surface area contributed by atoms with E-state index in [2.05, 4.69) is 16.0 Å². The van der Waals surface area contributed by atoms with E-state index in [0.29, 0.717) is 12.2 Å². The maximum Gasteiger partial charge on any atom is 0.326 e. The number of hydrogen-bond acceptors (Lipinski definition) is 7. The molecule has 5 atom stereocenters. The number of carboxylic acid groups (broad SMARTS) is 2. The van der Waals surface area contributed by atoms with Gasteiger partial charge < -0.3 is 31.9 Å². The third-order valence-corrected chi connectivity index (χ3v) is 5.70. The van der Waals surface area contributed by atoms with Crippen LogP contribution >= 0.6 is 11.8 Å². The molecule has 0 fully saturated rings. The van der Waals surface area contributed by atoms with Crippen LogP contribution in [-0.2, 0) is 24.0 Å². The van der Waals surface area contributed by atoms with Crippen LogP contribution in [-0.4, -0.2) is 76.0 Å². The van der Waals surface area contributed by atoms with E-state index >= 15 is 0 Å². The van der Waals surface area contributed by atoms with E-state index in [1.54, 1.807) is 27.7 Å². The second-order valence-corrected chi connectivity index (χ2v) is 8.97. The molecular weight excluding hydrogens is 440 g/mol. The lowest BCUT2D eigenvalue weighted by molar-refractivity contribution is -0.143. The van der Waals surface area contributed by atoms with Crippen LogP contribution in [0.3, 0.4) is 0 Å². The Morgan fingerprint density at radius 3 is 1.91 bits per heavy atom. The molecular formula is C20H36N4O7S. The Balaban J connectivity index is 5.55. The van der Waals surface area contributed by atoms with Gasteiger partial charge in [-0.1, -0.05) is 34.1 Å². The molecule has 0 aromatic heterocycles. The molecule has 0 aliphatic carbocycles. The number of nitrogens with two attached hydrogens (primary N) is 1. The number of carbonyl (C=O) groups is 5. The lowest BCUT2D eigenvalue weighted by Crippen LogP contribution is -2.59. The number of nitrogens with one attached hydrogen (secondary N) is 3. The Morgan fingerprint density at radius 1 is 0.906 bits per heavy atom. The zero-order valence-corrected chi connectivity index (χ0v) is 20.0. The average molecular weight is 477 g/mol. The van der Waals surface area contributed by atoms with Crippen LogP contribution in [0.25, 0.3) is 0 Å². The number of thioether (sulfide) groups is 1. The minimum absolute atomic E-state index is 0.203. The average Bonchev–Trinajstić information content (AvgIpc) is 2.71. The van der Waals surface area contributed by atoms with Crippen molar-refractivity contribution in [1.82, 2.24) is 16.0 Å². The molecule has 0 aliphatic heterocycles. The maximum absolute atomic E-state index is 12.8. The molecule has 0 aromatic carbocycles. The fraction of sp³-hybridized carbons (Fsp3) is 0.750. The van der Waals surface area contributed by atoms with Crippen molar-refractivity contribution in [3.05, 3.63) is 0 Å². The summed E-state index contributed by atoms with van der Waals surface area (Å²) >= 11 is 1.43. The summed E-state index contributed by atoms with van der Waals surface area (Å²) in [5, 5.41) is 25.7. The van der Waals surface area contributed by atoms with Gasteiger partial charge in [0.05, 0.1) is 12.5 Å². The van der Waals surface area contributed by atoms with Crippen LogP contribution < -0.4 is 21.7 Å². The zero-order valence-electron chi connectivity index (χ0n) is 19.2. The monoisotopic (exact) mass is 476 g/mol. The van der Waals surface area contributed by atoms with Crippen LogP contribution in [0.15, 0.2) is 0 Å². The lowest BCUT2D eigenvalue weighted by atomic mass is 9.97. The summed E-state index contributed by atoms with van der Waals surface area (Å²) in [6, 6.07) is -4.64. The molecule has 0 aromatic rings. The minimum Gasteiger partial charge on any atom is -0.481 e. The van der Waals surface area contributed by atoms with Crippen LogP contribution in [0, 0.1) is 11.8 Å². The summed E-state index contributed by atoms with van der Waals surface area (Å²) in [6.07, 6.45) is 1.79. The fourth-order valence-electron chi connectivity index (χ4n) is 2.66. The molecule has 0 heterocycles. The summed E-state index contributed by atoms with van der Waals surface area (Å²) in [7, 11) is 0. The maximum atomic E-state index is 12.8. The van der Waals surface area contributed by atoms with Gasteiger partial charge in [0.25, 0.3) is 0 Å². The summed E-state index contributed by atoms with van der Waals surface area (Å²) < 4.78 is 0. The second kappa shape index (κ2) is 14.7. The van der Waals surface area contributed by atoms with Gasteiger partial charge in [-0.05, 0) is 30.3 Å². The van der Waals surface area contributed by atoms with Gasteiger partial charge in [0.1, 0.15) is 18.1 Å². The molecule has 11 nitrogen and oxygen atoms in total. The van der Waals surface area contributed by atoms with Crippen molar-refractivity contribution >= 4 is 41.4 Å².